The Morgan fingerprint density at radius 3 is 1.00 bits per heavy atom. The van der Waals surface area contributed by atoms with Crippen molar-refractivity contribution in [1.82, 2.24) is 0 Å². The molecule has 0 atom stereocenters. The quantitative estimate of drug-likeness (QED) is 0.411. The van der Waals surface area contributed by atoms with Crippen LogP contribution in [-0.4, -0.2) is 0 Å². The third-order valence-electron chi connectivity index (χ3n) is 0. The Morgan fingerprint density at radius 1 is 1.00 bits per heavy atom. The molecular weight excluding hydrogens is 500 g/mol. The predicted molar refractivity (Wildman–Crippen MR) is 0 cm³/mol. The zero-order valence-electron chi connectivity index (χ0n) is 1.42. The first kappa shape index (κ1) is 15.9. The van der Waals surface area contributed by atoms with Gasteiger partial charge < -0.3 is 0 Å². The average molecular weight is 500 g/mol. The number of rotatable bonds is 0. The van der Waals surface area contributed by atoms with E-state index in [2.05, 4.69) is 35.3 Å². The maximum Gasteiger partial charge on any atom is 0 e. The van der Waals surface area contributed by atoms with E-state index in [-0.39, 0.29) is 38.2 Å². The van der Waals surface area contributed by atoms with Crippen LogP contribution in [0.15, 0.2) is 0 Å². The van der Waals surface area contributed by atoms with Crippen LogP contribution in [0, 0.1) is 0 Å². The minimum Gasteiger partial charge on any atom is 0 e. The van der Waals surface area contributed by atoms with E-state index in [0.29, 0.717) is 0 Å². The SMILES string of the molecule is [Au][Au].[Ni].[Ti]. The molecule has 0 bridgehead atoms. The summed E-state index contributed by atoms with van der Waals surface area (Å²) in [6.45, 7) is 0. The normalized spacial score (nSPS) is 2.00. The molecule has 0 aliphatic carbocycles. The van der Waals surface area contributed by atoms with Gasteiger partial charge in [-0.1, -0.05) is 0 Å². The van der Waals surface area contributed by atoms with Crippen molar-refractivity contribution >= 4 is 0 Å². The van der Waals surface area contributed by atoms with Crippen LogP contribution in [0.2, 0.25) is 0 Å². The molecule has 0 fully saturated rings. The van der Waals surface area contributed by atoms with E-state index in [1.54, 1.807) is 0 Å². The van der Waals surface area contributed by atoms with Crippen molar-refractivity contribution in [2.45, 2.75) is 0 Å². The first-order chi connectivity index (χ1) is 1.00. The Bertz CT molecular complexity index is 6.00. The molecule has 0 amide bonds. The first-order valence-corrected chi connectivity index (χ1v) is 6.09. The van der Waals surface area contributed by atoms with Crippen LogP contribution < -0.4 is 0 Å². The summed E-state index contributed by atoms with van der Waals surface area (Å²) in [7, 11) is 0. The molecule has 36 valence electrons. The second-order valence-electron chi connectivity index (χ2n) is 0. The number of hydrogen-bond acceptors (Lipinski definition) is 0. The van der Waals surface area contributed by atoms with Gasteiger partial charge in [-0.25, -0.2) is 0 Å². The van der Waals surface area contributed by atoms with E-state index < -0.39 is 0 Å². The summed E-state index contributed by atoms with van der Waals surface area (Å²) in [6.07, 6.45) is 0. The molecular formula is Au2NiTi. The van der Waals surface area contributed by atoms with Crippen molar-refractivity contribution in [3.8, 4) is 0 Å². The van der Waals surface area contributed by atoms with E-state index >= 15 is 0 Å². The Balaban J connectivity index is -0.00000000500. The molecule has 4 heteroatoms. The second kappa shape index (κ2) is 17.3. The van der Waals surface area contributed by atoms with E-state index in [9.17, 15) is 0 Å². The molecule has 0 aromatic heterocycles. The topological polar surface area (TPSA) is 0 Å². The molecule has 0 unspecified atom stereocenters. The van der Waals surface area contributed by atoms with Crippen LogP contribution in [0.3, 0.4) is 0 Å². The van der Waals surface area contributed by atoms with E-state index in [1.165, 1.54) is 0 Å². The average Bonchev–Trinajstić information content (AvgIpc) is 1.00. The molecule has 0 aliphatic heterocycles. The maximum absolute atomic E-state index is 2.22. The fourth-order valence-corrected chi connectivity index (χ4v) is 0. The van der Waals surface area contributed by atoms with Gasteiger partial charge in [-0.05, 0) is 0 Å². The third-order valence-corrected chi connectivity index (χ3v) is 0. The van der Waals surface area contributed by atoms with Gasteiger partial charge in [0.25, 0.3) is 0 Å². The molecule has 0 aromatic rings. The van der Waals surface area contributed by atoms with E-state index in [1.807, 2.05) is 0 Å². The van der Waals surface area contributed by atoms with Gasteiger partial charge in [0.2, 0.25) is 0 Å². The third kappa shape index (κ3) is 8.82. The van der Waals surface area contributed by atoms with Gasteiger partial charge in [0.05, 0.1) is 0 Å². The Kier molecular flexibility index (Phi) is 68.8. The van der Waals surface area contributed by atoms with Crippen LogP contribution in [0.4, 0.5) is 0 Å². The Labute approximate surface area is 72.2 Å². The van der Waals surface area contributed by atoms with Crippen LogP contribution >= 0.6 is 0 Å². The van der Waals surface area contributed by atoms with E-state index in [0.717, 1.165) is 0 Å². The van der Waals surface area contributed by atoms with Crippen LogP contribution in [0.25, 0.3) is 0 Å². The summed E-state index contributed by atoms with van der Waals surface area (Å²) in [5, 5.41) is 0. The molecule has 0 spiro atoms. The molecule has 0 nitrogen and oxygen atoms in total. The van der Waals surface area contributed by atoms with Crippen LogP contribution in [0.1, 0.15) is 0 Å². The molecule has 0 saturated heterocycles. The predicted octanol–water partition coefficient (Wildman–Crippen LogP) is -0.0100. The molecule has 0 aromatic carbocycles. The van der Waals surface area contributed by atoms with Gasteiger partial charge >= 0.3 is 35.3 Å². The molecule has 0 aliphatic rings. The van der Waals surface area contributed by atoms with Crippen molar-refractivity contribution in [3.63, 3.8) is 0 Å². The van der Waals surface area contributed by atoms with Crippen molar-refractivity contribution in [3.05, 3.63) is 0 Å². The summed E-state index contributed by atoms with van der Waals surface area (Å²) in [5.74, 6) is 0. The zero-order chi connectivity index (χ0) is 2.00. The molecule has 0 N–H and O–H groups in total. The molecule has 0 radical (unpaired) electrons. The summed E-state index contributed by atoms with van der Waals surface area (Å²) in [6, 6.07) is 0. The van der Waals surface area contributed by atoms with Crippen molar-refractivity contribution < 1.29 is 73.5 Å². The van der Waals surface area contributed by atoms with Gasteiger partial charge in [-0.15, -0.1) is 0 Å². The minimum atomic E-state index is 0. The van der Waals surface area contributed by atoms with Gasteiger partial charge in [-0.2, -0.15) is 0 Å². The smallest absolute Gasteiger partial charge is 0 e. The van der Waals surface area contributed by atoms with Crippen molar-refractivity contribution in [1.29, 1.82) is 0 Å². The van der Waals surface area contributed by atoms with Gasteiger partial charge in [0.1, 0.15) is 0 Å². The molecule has 0 saturated carbocycles. The summed E-state index contributed by atoms with van der Waals surface area (Å²) < 4.78 is 0. The fourth-order valence-electron chi connectivity index (χ4n) is 0. The zero-order valence-corrected chi connectivity index (χ0v) is 8.30. The maximum atomic E-state index is 2.22. The van der Waals surface area contributed by atoms with Gasteiger partial charge in [-0.3, -0.25) is 0 Å². The first-order valence-electron chi connectivity index (χ1n) is 0.0909. The Morgan fingerprint density at radius 2 is 1.00 bits per heavy atom. The summed E-state index contributed by atoms with van der Waals surface area (Å²) in [5.41, 5.74) is 0. The van der Waals surface area contributed by atoms with Gasteiger partial charge in [0, 0.05) is 38.2 Å². The monoisotopic (exact) mass is 500 g/mol. The number of hydrogen-bond donors (Lipinski definition) is 0. The van der Waals surface area contributed by atoms with Gasteiger partial charge in [0.15, 0.2) is 0 Å². The van der Waals surface area contributed by atoms with Crippen molar-refractivity contribution in [2.75, 3.05) is 0 Å². The minimum absolute atomic E-state index is 0. The largest absolute Gasteiger partial charge is 0 e. The Hall–Kier alpha value is 2.69. The summed E-state index contributed by atoms with van der Waals surface area (Å²) in [4.78, 5) is 0. The molecule has 0 rings (SSSR count). The van der Waals surface area contributed by atoms with E-state index in [4.69, 9.17) is 0 Å². The van der Waals surface area contributed by atoms with Crippen LogP contribution in [-0.2, 0) is 73.5 Å². The molecule has 0 heterocycles. The van der Waals surface area contributed by atoms with Crippen molar-refractivity contribution in [2.24, 2.45) is 0 Å². The fraction of sp³-hybridized carbons (Fsp3) is 0. The van der Waals surface area contributed by atoms with Crippen LogP contribution in [0.5, 0.6) is 0 Å². The standard InChI is InChI=1S/2Au.Ni.Ti. The summed E-state index contributed by atoms with van der Waals surface area (Å²) >= 11 is 4.44. The second-order valence-corrected chi connectivity index (χ2v) is 0. The molecule has 4 heavy (non-hydrogen) atoms.